The highest BCUT2D eigenvalue weighted by Gasteiger charge is 2.18. The number of amides is 1. The minimum Gasteiger partial charge on any atom is -0.344 e. The quantitative estimate of drug-likeness (QED) is 0.662. The first kappa shape index (κ1) is 14.4. The van der Waals surface area contributed by atoms with Crippen LogP contribution in [0.1, 0.15) is 58.3 Å². The average molecular weight is 214 g/mol. The fourth-order valence-electron chi connectivity index (χ4n) is 2.02. The highest BCUT2D eigenvalue weighted by molar-refractivity contribution is 5.77. The number of hydrogen-bond donors (Lipinski definition) is 1. The van der Waals surface area contributed by atoms with Crippen LogP contribution in [-0.4, -0.2) is 23.9 Å². The molecule has 0 atom stereocenters. The SMILES string of the molecule is CCCCCCCCN1CCCC1=O.N. The van der Waals surface area contributed by atoms with Crippen molar-refractivity contribution in [1.82, 2.24) is 11.1 Å². The summed E-state index contributed by atoms with van der Waals surface area (Å²) in [5.74, 6) is 0.374. The van der Waals surface area contributed by atoms with Crippen molar-refractivity contribution in [2.75, 3.05) is 13.1 Å². The lowest BCUT2D eigenvalue weighted by atomic mass is 10.1. The molecule has 1 saturated heterocycles. The van der Waals surface area contributed by atoms with Crippen molar-refractivity contribution in [3.8, 4) is 0 Å². The van der Waals surface area contributed by atoms with E-state index in [0.717, 1.165) is 25.9 Å². The molecule has 1 rings (SSSR count). The van der Waals surface area contributed by atoms with E-state index >= 15 is 0 Å². The standard InChI is InChI=1S/C12H23NO.H3N/c1-2-3-4-5-6-7-10-13-11-8-9-12(13)14;/h2-11H2,1H3;1H3. The Morgan fingerprint density at radius 3 is 2.40 bits per heavy atom. The zero-order chi connectivity index (χ0) is 10.2. The van der Waals surface area contributed by atoms with E-state index in [0.29, 0.717) is 5.91 Å². The highest BCUT2D eigenvalue weighted by Crippen LogP contribution is 2.12. The van der Waals surface area contributed by atoms with Gasteiger partial charge in [0.25, 0.3) is 0 Å². The molecule has 0 radical (unpaired) electrons. The highest BCUT2D eigenvalue weighted by atomic mass is 16.2. The molecule has 3 N–H and O–H groups in total. The molecule has 3 nitrogen and oxygen atoms in total. The van der Waals surface area contributed by atoms with Crippen LogP contribution in [0.25, 0.3) is 0 Å². The summed E-state index contributed by atoms with van der Waals surface area (Å²) in [6.07, 6.45) is 9.75. The lowest BCUT2D eigenvalue weighted by Crippen LogP contribution is -2.25. The van der Waals surface area contributed by atoms with Crippen molar-refractivity contribution in [1.29, 1.82) is 0 Å². The van der Waals surface area contributed by atoms with Gasteiger partial charge in [-0.2, -0.15) is 0 Å². The van der Waals surface area contributed by atoms with Crippen molar-refractivity contribution >= 4 is 5.91 Å². The van der Waals surface area contributed by atoms with Crippen LogP contribution in [0.5, 0.6) is 0 Å². The Bertz CT molecular complexity index is 171. The summed E-state index contributed by atoms with van der Waals surface area (Å²) in [4.78, 5) is 13.3. The minimum absolute atomic E-state index is 0. The predicted molar refractivity (Wildman–Crippen MR) is 64.2 cm³/mol. The number of hydrogen-bond acceptors (Lipinski definition) is 2. The zero-order valence-electron chi connectivity index (χ0n) is 10.1. The second-order valence-electron chi connectivity index (χ2n) is 4.25. The third kappa shape index (κ3) is 5.78. The Kier molecular flexibility index (Phi) is 8.38. The molecule has 0 spiro atoms. The number of carbonyl (C=O) groups excluding carboxylic acids is 1. The van der Waals surface area contributed by atoms with Crippen molar-refractivity contribution in [2.45, 2.75) is 58.3 Å². The smallest absolute Gasteiger partial charge is 0.222 e. The third-order valence-electron chi connectivity index (χ3n) is 2.95. The number of likely N-dealkylation sites (tertiary alicyclic amines) is 1. The van der Waals surface area contributed by atoms with Crippen LogP contribution in [-0.2, 0) is 4.79 Å². The summed E-state index contributed by atoms with van der Waals surface area (Å²) in [6, 6.07) is 0. The van der Waals surface area contributed by atoms with E-state index in [9.17, 15) is 4.79 Å². The Morgan fingerprint density at radius 2 is 1.80 bits per heavy atom. The van der Waals surface area contributed by atoms with Crippen molar-refractivity contribution in [2.24, 2.45) is 0 Å². The lowest BCUT2D eigenvalue weighted by molar-refractivity contribution is -0.127. The van der Waals surface area contributed by atoms with E-state index < -0.39 is 0 Å². The van der Waals surface area contributed by atoms with Gasteiger partial charge in [-0.3, -0.25) is 4.79 Å². The average Bonchev–Trinajstić information content (AvgIpc) is 2.58. The maximum atomic E-state index is 11.3. The summed E-state index contributed by atoms with van der Waals surface area (Å²) >= 11 is 0. The molecule has 0 aromatic rings. The molecule has 1 amide bonds. The van der Waals surface area contributed by atoms with Crippen LogP contribution in [0.4, 0.5) is 0 Å². The Labute approximate surface area is 93.8 Å². The molecular formula is C12H26N2O. The summed E-state index contributed by atoms with van der Waals surface area (Å²) in [7, 11) is 0. The van der Waals surface area contributed by atoms with Crippen molar-refractivity contribution in [3.05, 3.63) is 0 Å². The van der Waals surface area contributed by atoms with Gasteiger partial charge >= 0.3 is 0 Å². The van der Waals surface area contributed by atoms with Crippen LogP contribution >= 0.6 is 0 Å². The van der Waals surface area contributed by atoms with Crippen molar-refractivity contribution < 1.29 is 4.79 Å². The number of carbonyl (C=O) groups is 1. The summed E-state index contributed by atoms with van der Waals surface area (Å²) < 4.78 is 0. The van der Waals surface area contributed by atoms with Gasteiger partial charge in [0.05, 0.1) is 0 Å². The molecule has 0 aromatic carbocycles. The van der Waals surface area contributed by atoms with E-state index in [1.54, 1.807) is 0 Å². The van der Waals surface area contributed by atoms with Crippen LogP contribution in [0, 0.1) is 0 Å². The lowest BCUT2D eigenvalue weighted by Gasteiger charge is -2.14. The van der Waals surface area contributed by atoms with Crippen molar-refractivity contribution in [3.63, 3.8) is 0 Å². The van der Waals surface area contributed by atoms with Crippen LogP contribution in [0.3, 0.4) is 0 Å². The van der Waals surface area contributed by atoms with Crippen LogP contribution < -0.4 is 6.15 Å². The maximum Gasteiger partial charge on any atom is 0.222 e. The first-order chi connectivity index (χ1) is 6.84. The molecular weight excluding hydrogens is 188 g/mol. The molecule has 90 valence electrons. The second-order valence-corrected chi connectivity index (χ2v) is 4.25. The first-order valence-electron chi connectivity index (χ1n) is 6.12. The van der Waals surface area contributed by atoms with Gasteiger partial charge in [0.15, 0.2) is 0 Å². The molecule has 1 heterocycles. The Morgan fingerprint density at radius 1 is 1.13 bits per heavy atom. The predicted octanol–water partition coefficient (Wildman–Crippen LogP) is 3.13. The Hall–Kier alpha value is -0.570. The molecule has 0 saturated carbocycles. The number of rotatable bonds is 7. The summed E-state index contributed by atoms with van der Waals surface area (Å²) in [5, 5.41) is 0. The number of unbranched alkanes of at least 4 members (excludes halogenated alkanes) is 5. The van der Waals surface area contributed by atoms with E-state index in [-0.39, 0.29) is 6.15 Å². The van der Waals surface area contributed by atoms with E-state index in [4.69, 9.17) is 0 Å². The molecule has 1 aliphatic heterocycles. The van der Waals surface area contributed by atoms with E-state index in [2.05, 4.69) is 6.92 Å². The van der Waals surface area contributed by atoms with Crippen LogP contribution in [0.15, 0.2) is 0 Å². The molecule has 0 aromatic heterocycles. The maximum absolute atomic E-state index is 11.3. The van der Waals surface area contributed by atoms with Gasteiger partial charge in [-0.15, -0.1) is 0 Å². The van der Waals surface area contributed by atoms with E-state index in [1.165, 1.54) is 38.5 Å². The molecule has 0 unspecified atom stereocenters. The first-order valence-corrected chi connectivity index (χ1v) is 6.12. The second kappa shape index (κ2) is 8.72. The fourth-order valence-corrected chi connectivity index (χ4v) is 2.02. The monoisotopic (exact) mass is 214 g/mol. The van der Waals surface area contributed by atoms with Gasteiger partial charge in [-0.25, -0.2) is 0 Å². The summed E-state index contributed by atoms with van der Waals surface area (Å²) in [5.41, 5.74) is 0. The van der Waals surface area contributed by atoms with Gasteiger partial charge in [-0.05, 0) is 12.8 Å². The van der Waals surface area contributed by atoms with Gasteiger partial charge in [0.2, 0.25) is 5.91 Å². The van der Waals surface area contributed by atoms with Gasteiger partial charge in [-0.1, -0.05) is 39.0 Å². The van der Waals surface area contributed by atoms with Crippen LogP contribution in [0.2, 0.25) is 0 Å². The Balaban J connectivity index is 0.00000196. The van der Waals surface area contributed by atoms with E-state index in [1.807, 2.05) is 4.90 Å². The zero-order valence-corrected chi connectivity index (χ0v) is 10.1. The molecule has 0 aliphatic carbocycles. The topological polar surface area (TPSA) is 55.3 Å². The van der Waals surface area contributed by atoms with Gasteiger partial charge in [0, 0.05) is 19.5 Å². The molecule has 1 aliphatic rings. The number of nitrogens with zero attached hydrogens (tertiary/aromatic N) is 1. The third-order valence-corrected chi connectivity index (χ3v) is 2.95. The fraction of sp³-hybridized carbons (Fsp3) is 0.917. The molecule has 0 bridgehead atoms. The summed E-state index contributed by atoms with van der Waals surface area (Å²) in [6.45, 7) is 4.25. The minimum atomic E-state index is 0. The molecule has 1 fully saturated rings. The molecule has 15 heavy (non-hydrogen) atoms. The largest absolute Gasteiger partial charge is 0.344 e. The van der Waals surface area contributed by atoms with Gasteiger partial charge in [0.1, 0.15) is 0 Å². The normalized spacial score (nSPS) is 15.5. The van der Waals surface area contributed by atoms with Gasteiger partial charge < -0.3 is 11.1 Å². The molecule has 3 heteroatoms.